The molecule has 1 aromatic rings. The Balaban J connectivity index is 1.63. The van der Waals surface area contributed by atoms with Crippen molar-refractivity contribution in [1.29, 1.82) is 0 Å². The van der Waals surface area contributed by atoms with Crippen molar-refractivity contribution in [3.63, 3.8) is 0 Å². The van der Waals surface area contributed by atoms with E-state index < -0.39 is 0 Å². The van der Waals surface area contributed by atoms with Gasteiger partial charge in [0.05, 0.1) is 152 Å². The molecule has 0 heterocycles. The zero-order valence-corrected chi connectivity index (χ0v) is 42.4. The van der Waals surface area contributed by atoms with E-state index in [0.29, 0.717) is 159 Å². The Morgan fingerprint density at radius 1 is 0.227 bits per heavy atom. The second kappa shape index (κ2) is 56.1. The molecular formula is C53H100O13. The minimum atomic E-state index is 0.512. The Bertz CT molecular complexity index is 1020. The van der Waals surface area contributed by atoms with Gasteiger partial charge >= 0.3 is 0 Å². The number of aryl methyl sites for hydroxylation is 1. The van der Waals surface area contributed by atoms with Crippen molar-refractivity contribution in [1.82, 2.24) is 0 Å². The molecule has 13 heteroatoms. The molecule has 1 rings (SSSR count). The molecule has 0 saturated carbocycles. The highest BCUT2D eigenvalue weighted by Gasteiger charge is 2.00. The summed E-state index contributed by atoms with van der Waals surface area (Å²) in [7, 11) is 0. The first kappa shape index (κ1) is 62.6. The standard InChI is InChI=1S/C53H100O13/c1-3-5-7-9-11-12-13-14-15-16-17-19-21-27-54-28-29-55-30-31-56-32-33-57-34-35-58-36-37-59-38-39-60-40-41-61-42-43-62-44-45-63-46-47-64-48-49-65-50-51-66-53-25-23-52(24-26-53)22-20-18-10-8-6-4-2/h23-26H,3-22,27-51H2,1-2H3. The zero-order valence-electron chi connectivity index (χ0n) is 42.4. The van der Waals surface area contributed by atoms with Crippen molar-refractivity contribution in [3.05, 3.63) is 29.8 Å². The number of benzene rings is 1. The van der Waals surface area contributed by atoms with Gasteiger partial charge in [-0.1, -0.05) is 135 Å². The fourth-order valence-corrected chi connectivity index (χ4v) is 6.82. The summed E-state index contributed by atoms with van der Waals surface area (Å²) in [5.41, 5.74) is 1.38. The molecule has 0 aliphatic carbocycles. The van der Waals surface area contributed by atoms with Crippen molar-refractivity contribution in [3.8, 4) is 5.75 Å². The number of ether oxygens (including phenoxy) is 13. The van der Waals surface area contributed by atoms with Crippen LogP contribution >= 0.6 is 0 Å². The first-order valence-electron chi connectivity index (χ1n) is 26.5. The number of hydrogen-bond acceptors (Lipinski definition) is 13. The molecule has 0 spiro atoms. The fraction of sp³-hybridized carbons (Fsp3) is 0.887. The molecule has 0 aliphatic rings. The van der Waals surface area contributed by atoms with Crippen LogP contribution in [0.2, 0.25) is 0 Å². The molecule has 66 heavy (non-hydrogen) atoms. The Hall–Kier alpha value is -1.46. The third-order valence-corrected chi connectivity index (χ3v) is 10.7. The van der Waals surface area contributed by atoms with Gasteiger partial charge in [0.2, 0.25) is 0 Å². The van der Waals surface area contributed by atoms with Crippen molar-refractivity contribution in [2.75, 3.05) is 165 Å². The molecule has 13 nitrogen and oxygen atoms in total. The van der Waals surface area contributed by atoms with E-state index in [1.165, 1.54) is 121 Å². The van der Waals surface area contributed by atoms with Gasteiger partial charge in [-0.25, -0.2) is 0 Å². The predicted octanol–water partition coefficient (Wildman–Crippen LogP) is 10.3. The average Bonchev–Trinajstić information content (AvgIpc) is 3.33. The van der Waals surface area contributed by atoms with Gasteiger partial charge < -0.3 is 61.6 Å². The van der Waals surface area contributed by atoms with Gasteiger partial charge in [-0.05, 0) is 37.0 Å². The first-order chi connectivity index (χ1) is 32.9. The average molecular weight is 945 g/mol. The van der Waals surface area contributed by atoms with Crippen molar-refractivity contribution in [2.45, 2.75) is 142 Å². The maximum Gasteiger partial charge on any atom is 0.119 e. The van der Waals surface area contributed by atoms with E-state index in [0.717, 1.165) is 25.2 Å². The van der Waals surface area contributed by atoms with Crippen molar-refractivity contribution >= 4 is 0 Å². The van der Waals surface area contributed by atoms with E-state index in [4.69, 9.17) is 61.6 Å². The lowest BCUT2D eigenvalue weighted by Gasteiger charge is -2.09. The highest BCUT2D eigenvalue weighted by Crippen LogP contribution is 2.16. The molecule has 0 radical (unpaired) electrons. The summed E-state index contributed by atoms with van der Waals surface area (Å²) in [5.74, 6) is 0.886. The van der Waals surface area contributed by atoms with Crippen LogP contribution in [0.3, 0.4) is 0 Å². The summed E-state index contributed by atoms with van der Waals surface area (Å²) < 4.78 is 72.6. The van der Waals surface area contributed by atoms with Crippen molar-refractivity contribution < 1.29 is 61.6 Å². The van der Waals surface area contributed by atoms with Crippen LogP contribution in [-0.2, 0) is 63.3 Å². The summed E-state index contributed by atoms with van der Waals surface area (Å²) in [6.07, 6.45) is 26.9. The molecule has 1 aromatic carbocycles. The van der Waals surface area contributed by atoms with Crippen LogP contribution in [0.25, 0.3) is 0 Å². The lowest BCUT2D eigenvalue weighted by Crippen LogP contribution is -2.15. The fourth-order valence-electron chi connectivity index (χ4n) is 6.82. The third kappa shape index (κ3) is 50.4. The Morgan fingerprint density at radius 2 is 0.455 bits per heavy atom. The van der Waals surface area contributed by atoms with Crippen LogP contribution in [-0.4, -0.2) is 165 Å². The van der Waals surface area contributed by atoms with Crippen LogP contribution < -0.4 is 4.74 Å². The van der Waals surface area contributed by atoms with Crippen LogP contribution in [0.1, 0.15) is 141 Å². The van der Waals surface area contributed by atoms with E-state index >= 15 is 0 Å². The lowest BCUT2D eigenvalue weighted by molar-refractivity contribution is -0.0285. The minimum Gasteiger partial charge on any atom is -0.491 e. The van der Waals surface area contributed by atoms with E-state index in [9.17, 15) is 0 Å². The maximum atomic E-state index is 5.79. The Kier molecular flexibility index (Phi) is 53.2. The molecule has 0 amide bonds. The van der Waals surface area contributed by atoms with Crippen LogP contribution in [0.5, 0.6) is 5.75 Å². The van der Waals surface area contributed by atoms with Gasteiger partial charge in [0, 0.05) is 6.61 Å². The maximum absolute atomic E-state index is 5.79. The largest absolute Gasteiger partial charge is 0.491 e. The lowest BCUT2D eigenvalue weighted by atomic mass is 10.0. The molecular weight excluding hydrogens is 845 g/mol. The Labute approximate surface area is 403 Å². The van der Waals surface area contributed by atoms with Gasteiger partial charge in [-0.3, -0.25) is 0 Å². The third-order valence-electron chi connectivity index (χ3n) is 10.7. The second-order valence-electron chi connectivity index (χ2n) is 16.6. The highest BCUT2D eigenvalue weighted by molar-refractivity contribution is 5.27. The smallest absolute Gasteiger partial charge is 0.119 e. The van der Waals surface area contributed by atoms with Crippen LogP contribution in [0.15, 0.2) is 24.3 Å². The van der Waals surface area contributed by atoms with Crippen molar-refractivity contribution in [2.24, 2.45) is 0 Å². The van der Waals surface area contributed by atoms with Gasteiger partial charge in [0.15, 0.2) is 0 Å². The molecule has 0 aromatic heterocycles. The summed E-state index contributed by atoms with van der Waals surface area (Å²) in [6, 6.07) is 8.45. The van der Waals surface area contributed by atoms with E-state index in [2.05, 4.69) is 38.1 Å². The van der Waals surface area contributed by atoms with E-state index in [1.807, 2.05) is 0 Å². The molecule has 0 N–H and O–H groups in total. The topological polar surface area (TPSA) is 120 Å². The molecule has 0 unspecified atom stereocenters. The quantitative estimate of drug-likeness (QED) is 0.0577. The zero-order chi connectivity index (χ0) is 47.0. The summed E-state index contributed by atoms with van der Waals surface area (Å²) in [5, 5.41) is 0. The monoisotopic (exact) mass is 945 g/mol. The van der Waals surface area contributed by atoms with Gasteiger partial charge in [-0.15, -0.1) is 0 Å². The highest BCUT2D eigenvalue weighted by atomic mass is 16.6. The van der Waals surface area contributed by atoms with Gasteiger partial charge in [0.25, 0.3) is 0 Å². The van der Waals surface area contributed by atoms with E-state index in [-0.39, 0.29) is 0 Å². The van der Waals surface area contributed by atoms with Crippen LogP contribution in [0.4, 0.5) is 0 Å². The summed E-state index contributed by atoms with van der Waals surface area (Å²) in [6.45, 7) is 18.2. The van der Waals surface area contributed by atoms with Gasteiger partial charge in [0.1, 0.15) is 12.4 Å². The predicted molar refractivity (Wildman–Crippen MR) is 265 cm³/mol. The normalized spacial score (nSPS) is 11.6. The first-order valence-corrected chi connectivity index (χ1v) is 26.5. The molecule has 0 bridgehead atoms. The molecule has 0 atom stereocenters. The molecule has 0 aliphatic heterocycles. The molecule has 0 fully saturated rings. The summed E-state index contributed by atoms with van der Waals surface area (Å²) in [4.78, 5) is 0. The minimum absolute atomic E-state index is 0.512. The second-order valence-corrected chi connectivity index (χ2v) is 16.6. The number of unbranched alkanes of at least 4 members (excludes halogenated alkanes) is 17. The van der Waals surface area contributed by atoms with Gasteiger partial charge in [-0.2, -0.15) is 0 Å². The number of rotatable bonds is 58. The van der Waals surface area contributed by atoms with E-state index in [1.54, 1.807) is 0 Å². The SMILES string of the molecule is CCCCCCCCCCCCCCCOCCOCCOCCOCCOCCOCCOCCOCCOCCOCCOCCOCCOc1ccc(CCCCCCCC)cc1. The molecule has 390 valence electrons. The number of hydrogen-bond donors (Lipinski definition) is 0. The van der Waals surface area contributed by atoms with Crippen LogP contribution in [0, 0.1) is 0 Å². The summed E-state index contributed by atoms with van der Waals surface area (Å²) >= 11 is 0. The Morgan fingerprint density at radius 3 is 0.742 bits per heavy atom. The molecule has 0 saturated heterocycles.